The molecule has 1 aliphatic rings. The number of halogens is 2. The van der Waals surface area contributed by atoms with Gasteiger partial charge in [0, 0.05) is 18.7 Å². The molecule has 1 aliphatic heterocycles. The van der Waals surface area contributed by atoms with E-state index in [1.165, 1.54) is 18.2 Å². The normalized spacial score (nSPS) is 18.2. The van der Waals surface area contributed by atoms with Crippen LogP contribution in [0.2, 0.25) is 0 Å². The monoisotopic (exact) mass is 355 g/mol. The molecule has 0 bridgehead atoms. The molecule has 3 aromatic rings. The first-order valence-electron chi connectivity index (χ1n) is 8.74. The van der Waals surface area contributed by atoms with Crippen molar-refractivity contribution in [1.82, 2.24) is 15.0 Å². The number of aromatic nitrogens is 2. The van der Waals surface area contributed by atoms with Crippen LogP contribution in [0.25, 0.3) is 11.4 Å². The minimum Gasteiger partial charge on any atom is -0.339 e. The van der Waals surface area contributed by atoms with E-state index in [4.69, 9.17) is 4.52 Å². The lowest BCUT2D eigenvalue weighted by Gasteiger charge is -2.30. The van der Waals surface area contributed by atoms with Crippen LogP contribution in [0, 0.1) is 11.6 Å². The number of rotatable bonds is 4. The van der Waals surface area contributed by atoms with Crippen LogP contribution in [0.4, 0.5) is 8.78 Å². The van der Waals surface area contributed by atoms with Crippen molar-refractivity contribution in [2.75, 3.05) is 13.1 Å². The van der Waals surface area contributed by atoms with Gasteiger partial charge in [0.15, 0.2) is 0 Å². The summed E-state index contributed by atoms with van der Waals surface area (Å²) >= 11 is 0. The smallest absolute Gasteiger partial charge is 0.231 e. The van der Waals surface area contributed by atoms with E-state index >= 15 is 0 Å². The minimum atomic E-state index is -0.326. The Kier molecular flexibility index (Phi) is 4.75. The highest BCUT2D eigenvalue weighted by atomic mass is 19.1. The van der Waals surface area contributed by atoms with Crippen molar-refractivity contribution >= 4 is 0 Å². The molecular weight excluding hydrogens is 336 g/mol. The van der Waals surface area contributed by atoms with Gasteiger partial charge in [0.05, 0.1) is 5.92 Å². The maximum Gasteiger partial charge on any atom is 0.231 e. The quantitative estimate of drug-likeness (QED) is 0.696. The van der Waals surface area contributed by atoms with Gasteiger partial charge in [-0.05, 0) is 49.2 Å². The van der Waals surface area contributed by atoms with Gasteiger partial charge in [-0.25, -0.2) is 8.78 Å². The van der Waals surface area contributed by atoms with Gasteiger partial charge in [-0.2, -0.15) is 4.98 Å². The fraction of sp³-hybridized carbons (Fsp3) is 0.300. The number of hydrogen-bond acceptors (Lipinski definition) is 4. The fourth-order valence-corrected chi connectivity index (χ4v) is 3.44. The summed E-state index contributed by atoms with van der Waals surface area (Å²) in [6.45, 7) is 2.43. The summed E-state index contributed by atoms with van der Waals surface area (Å²) in [5.74, 6) is 0.572. The Morgan fingerprint density at radius 3 is 2.69 bits per heavy atom. The van der Waals surface area contributed by atoms with E-state index in [2.05, 4.69) is 15.0 Å². The molecule has 0 N–H and O–H groups in total. The summed E-state index contributed by atoms with van der Waals surface area (Å²) in [6, 6.07) is 12.8. The van der Waals surface area contributed by atoms with E-state index in [1.54, 1.807) is 24.3 Å². The SMILES string of the molecule is Fc1cccc(CN2CCCC(c3nc(-c4cccc(F)c4)no3)C2)c1. The zero-order chi connectivity index (χ0) is 17.9. The zero-order valence-electron chi connectivity index (χ0n) is 14.2. The topological polar surface area (TPSA) is 42.2 Å². The molecule has 134 valence electrons. The summed E-state index contributed by atoms with van der Waals surface area (Å²) in [5, 5.41) is 4.00. The van der Waals surface area contributed by atoms with Gasteiger partial charge in [-0.15, -0.1) is 0 Å². The van der Waals surface area contributed by atoms with Gasteiger partial charge in [0.25, 0.3) is 0 Å². The standard InChI is InChI=1S/C20H19F2N3O/c21-17-7-1-4-14(10-17)12-25-9-3-6-16(13-25)20-23-19(24-26-20)15-5-2-8-18(22)11-15/h1-2,4-5,7-8,10-11,16H,3,6,9,12-13H2. The molecular formula is C20H19F2N3O. The summed E-state index contributed by atoms with van der Waals surface area (Å²) < 4.78 is 32.2. The van der Waals surface area contributed by atoms with Gasteiger partial charge >= 0.3 is 0 Å². The van der Waals surface area contributed by atoms with Crippen LogP contribution >= 0.6 is 0 Å². The molecule has 1 saturated heterocycles. The molecule has 2 heterocycles. The van der Waals surface area contributed by atoms with Crippen LogP contribution in [0.5, 0.6) is 0 Å². The van der Waals surface area contributed by atoms with E-state index in [-0.39, 0.29) is 17.6 Å². The molecule has 0 amide bonds. The Labute approximate surface area is 150 Å². The Morgan fingerprint density at radius 1 is 1.08 bits per heavy atom. The molecule has 2 aromatic carbocycles. The highest BCUT2D eigenvalue weighted by molar-refractivity contribution is 5.53. The molecule has 6 heteroatoms. The number of piperidine rings is 1. The molecule has 1 atom stereocenters. The minimum absolute atomic E-state index is 0.132. The predicted molar refractivity (Wildman–Crippen MR) is 93.3 cm³/mol. The van der Waals surface area contributed by atoms with Crippen LogP contribution in [-0.2, 0) is 6.54 Å². The summed E-state index contributed by atoms with van der Waals surface area (Å²) in [6.07, 6.45) is 1.97. The maximum atomic E-state index is 13.4. The van der Waals surface area contributed by atoms with Crippen LogP contribution < -0.4 is 0 Å². The Morgan fingerprint density at radius 2 is 1.88 bits per heavy atom. The Bertz CT molecular complexity index is 896. The maximum absolute atomic E-state index is 13.4. The van der Waals surface area contributed by atoms with Crippen LogP contribution in [0.3, 0.4) is 0 Å². The molecule has 0 saturated carbocycles. The number of hydrogen-bond donors (Lipinski definition) is 0. The second kappa shape index (κ2) is 7.33. The molecule has 0 radical (unpaired) electrons. The lowest BCUT2D eigenvalue weighted by atomic mass is 9.97. The van der Waals surface area contributed by atoms with Crippen molar-refractivity contribution in [2.45, 2.75) is 25.3 Å². The lowest BCUT2D eigenvalue weighted by molar-refractivity contribution is 0.180. The molecule has 4 rings (SSSR count). The number of nitrogens with zero attached hydrogens (tertiary/aromatic N) is 3. The third kappa shape index (κ3) is 3.80. The van der Waals surface area contributed by atoms with Crippen molar-refractivity contribution in [2.24, 2.45) is 0 Å². The first-order valence-corrected chi connectivity index (χ1v) is 8.74. The van der Waals surface area contributed by atoms with Gasteiger partial charge in [0.2, 0.25) is 11.7 Å². The fourth-order valence-electron chi connectivity index (χ4n) is 3.44. The van der Waals surface area contributed by atoms with Crippen molar-refractivity contribution in [3.63, 3.8) is 0 Å². The van der Waals surface area contributed by atoms with E-state index in [0.29, 0.717) is 23.8 Å². The van der Waals surface area contributed by atoms with E-state index in [1.807, 2.05) is 6.07 Å². The molecule has 26 heavy (non-hydrogen) atoms. The van der Waals surface area contributed by atoms with E-state index in [9.17, 15) is 8.78 Å². The summed E-state index contributed by atoms with van der Waals surface area (Å²) in [5.41, 5.74) is 1.56. The van der Waals surface area contributed by atoms with Gasteiger partial charge in [-0.3, -0.25) is 4.90 Å². The molecule has 4 nitrogen and oxygen atoms in total. The number of likely N-dealkylation sites (tertiary alicyclic amines) is 1. The van der Waals surface area contributed by atoms with Gasteiger partial charge < -0.3 is 4.52 Å². The molecule has 0 aliphatic carbocycles. The van der Waals surface area contributed by atoms with Crippen molar-refractivity contribution < 1.29 is 13.3 Å². The second-order valence-corrected chi connectivity index (χ2v) is 6.67. The third-order valence-corrected chi connectivity index (χ3v) is 4.67. The highest BCUT2D eigenvalue weighted by Crippen LogP contribution is 2.28. The first-order chi connectivity index (χ1) is 12.7. The molecule has 1 aromatic heterocycles. The predicted octanol–water partition coefficient (Wildman–Crippen LogP) is 4.39. The molecule has 1 fully saturated rings. The highest BCUT2D eigenvalue weighted by Gasteiger charge is 2.26. The lowest BCUT2D eigenvalue weighted by Crippen LogP contribution is -2.34. The van der Waals surface area contributed by atoms with Gasteiger partial charge in [-0.1, -0.05) is 29.4 Å². The summed E-state index contributed by atoms with van der Waals surface area (Å²) in [7, 11) is 0. The zero-order valence-corrected chi connectivity index (χ0v) is 14.2. The van der Waals surface area contributed by atoms with E-state index in [0.717, 1.165) is 31.5 Å². The average molecular weight is 355 g/mol. The van der Waals surface area contributed by atoms with E-state index < -0.39 is 0 Å². The largest absolute Gasteiger partial charge is 0.339 e. The van der Waals surface area contributed by atoms with Gasteiger partial charge in [0.1, 0.15) is 11.6 Å². The van der Waals surface area contributed by atoms with Crippen LogP contribution in [0.15, 0.2) is 53.1 Å². The van der Waals surface area contributed by atoms with Crippen molar-refractivity contribution in [3.05, 3.63) is 71.6 Å². The summed E-state index contributed by atoms with van der Waals surface area (Å²) in [4.78, 5) is 6.74. The third-order valence-electron chi connectivity index (χ3n) is 4.67. The second-order valence-electron chi connectivity index (χ2n) is 6.67. The van der Waals surface area contributed by atoms with Crippen molar-refractivity contribution in [1.29, 1.82) is 0 Å². The molecule has 0 spiro atoms. The Hall–Kier alpha value is -2.60. The average Bonchev–Trinajstić information content (AvgIpc) is 3.12. The Balaban J connectivity index is 1.46. The number of benzene rings is 2. The van der Waals surface area contributed by atoms with Crippen LogP contribution in [-0.4, -0.2) is 28.1 Å². The van der Waals surface area contributed by atoms with Crippen molar-refractivity contribution in [3.8, 4) is 11.4 Å². The molecule has 1 unspecified atom stereocenters. The first kappa shape index (κ1) is 16.8. The van der Waals surface area contributed by atoms with Crippen LogP contribution in [0.1, 0.15) is 30.2 Å².